The first-order chi connectivity index (χ1) is 11.9. The average Bonchev–Trinajstić information content (AvgIpc) is 2.88. The molecule has 0 aliphatic heterocycles. The first-order valence-corrected chi connectivity index (χ1v) is 9.12. The third-order valence-corrected chi connectivity index (χ3v) is 5.22. The summed E-state index contributed by atoms with van der Waals surface area (Å²) in [6.45, 7) is 3.53. The Bertz CT molecular complexity index is 1010. The molecular formula is C18H17ClN2O3S. The van der Waals surface area contributed by atoms with E-state index in [0.717, 1.165) is 22.4 Å². The van der Waals surface area contributed by atoms with Crippen LogP contribution in [0.25, 0.3) is 21.3 Å². The molecule has 0 aliphatic rings. The van der Waals surface area contributed by atoms with E-state index in [4.69, 9.17) is 11.6 Å². The van der Waals surface area contributed by atoms with Crippen LogP contribution in [0.4, 0.5) is 0 Å². The lowest BCUT2D eigenvalue weighted by molar-refractivity contribution is -0.137. The van der Waals surface area contributed by atoms with Crippen molar-refractivity contribution in [1.29, 1.82) is 0 Å². The Kier molecular flexibility index (Phi) is 4.92. The molecule has 0 unspecified atom stereocenters. The highest BCUT2D eigenvalue weighted by atomic mass is 35.5. The van der Waals surface area contributed by atoms with Gasteiger partial charge in [-0.05, 0) is 31.0 Å². The third-order valence-electron chi connectivity index (χ3n) is 3.97. The standard InChI is InChI=1S/C18H17ClN2O3S/c1-3-4-13-20-17-16(18(24)21(13)9-14(22)23)15(10(2)25-17)11-5-7-12(19)8-6-11/h5-8H,3-4,9H2,1-2H3,(H,22,23). The second-order valence-electron chi connectivity index (χ2n) is 5.78. The summed E-state index contributed by atoms with van der Waals surface area (Å²) in [5.41, 5.74) is 1.37. The van der Waals surface area contributed by atoms with E-state index < -0.39 is 5.97 Å². The molecule has 0 atom stereocenters. The van der Waals surface area contributed by atoms with Gasteiger partial charge >= 0.3 is 5.97 Å². The van der Waals surface area contributed by atoms with Gasteiger partial charge in [0.2, 0.25) is 0 Å². The van der Waals surface area contributed by atoms with Crippen LogP contribution in [0.15, 0.2) is 29.1 Å². The lowest BCUT2D eigenvalue weighted by atomic mass is 10.0. The Morgan fingerprint density at radius 2 is 2.00 bits per heavy atom. The average molecular weight is 377 g/mol. The molecule has 25 heavy (non-hydrogen) atoms. The summed E-state index contributed by atoms with van der Waals surface area (Å²) >= 11 is 7.41. The number of nitrogens with zero attached hydrogens (tertiary/aromatic N) is 2. The van der Waals surface area contributed by atoms with Crippen molar-refractivity contribution in [3.05, 3.63) is 50.3 Å². The molecule has 7 heteroatoms. The minimum Gasteiger partial charge on any atom is -0.480 e. The fourth-order valence-corrected chi connectivity index (χ4v) is 4.09. The summed E-state index contributed by atoms with van der Waals surface area (Å²) in [5, 5.41) is 10.3. The molecule has 0 fully saturated rings. The number of aryl methyl sites for hydroxylation is 2. The van der Waals surface area contributed by atoms with Crippen LogP contribution >= 0.6 is 22.9 Å². The van der Waals surface area contributed by atoms with Crippen LogP contribution in [-0.2, 0) is 17.8 Å². The number of halogens is 1. The summed E-state index contributed by atoms with van der Waals surface area (Å²) < 4.78 is 1.28. The minimum absolute atomic E-state index is 0.301. The maximum atomic E-state index is 13.1. The number of rotatable bonds is 5. The number of aromatic nitrogens is 2. The van der Waals surface area contributed by atoms with E-state index in [0.29, 0.717) is 27.5 Å². The van der Waals surface area contributed by atoms with Crippen molar-refractivity contribution in [2.45, 2.75) is 33.2 Å². The van der Waals surface area contributed by atoms with Crippen molar-refractivity contribution in [3.8, 4) is 11.1 Å². The third kappa shape index (κ3) is 3.32. The van der Waals surface area contributed by atoms with Gasteiger partial charge in [0.1, 0.15) is 17.2 Å². The molecule has 2 heterocycles. The summed E-state index contributed by atoms with van der Waals surface area (Å²) in [7, 11) is 0. The molecule has 0 spiro atoms. The second kappa shape index (κ2) is 6.98. The van der Waals surface area contributed by atoms with E-state index in [1.165, 1.54) is 15.9 Å². The Balaban J connectivity index is 2.33. The van der Waals surface area contributed by atoms with Gasteiger partial charge in [-0.2, -0.15) is 0 Å². The van der Waals surface area contributed by atoms with Crippen molar-refractivity contribution < 1.29 is 9.90 Å². The number of hydrogen-bond acceptors (Lipinski definition) is 4. The molecule has 1 aromatic carbocycles. The summed E-state index contributed by atoms with van der Waals surface area (Å²) in [6, 6.07) is 7.26. The first-order valence-electron chi connectivity index (χ1n) is 7.93. The Hall–Kier alpha value is -2.18. The molecular weight excluding hydrogens is 360 g/mol. The number of benzene rings is 1. The predicted molar refractivity (Wildman–Crippen MR) is 101 cm³/mol. The van der Waals surface area contributed by atoms with Gasteiger partial charge < -0.3 is 5.11 Å². The molecule has 0 radical (unpaired) electrons. The maximum absolute atomic E-state index is 13.1. The Labute approximate surface area is 153 Å². The molecule has 1 N–H and O–H groups in total. The first kappa shape index (κ1) is 17.6. The second-order valence-corrected chi connectivity index (χ2v) is 7.42. The molecule has 0 bridgehead atoms. The highest BCUT2D eigenvalue weighted by molar-refractivity contribution is 7.19. The van der Waals surface area contributed by atoms with Gasteiger partial charge in [0, 0.05) is 21.9 Å². The topological polar surface area (TPSA) is 72.2 Å². The van der Waals surface area contributed by atoms with Gasteiger partial charge in [-0.3, -0.25) is 14.2 Å². The van der Waals surface area contributed by atoms with Crippen molar-refractivity contribution in [2.24, 2.45) is 0 Å². The summed E-state index contributed by atoms with van der Waals surface area (Å²) in [4.78, 5) is 30.5. The van der Waals surface area contributed by atoms with Gasteiger partial charge in [0.25, 0.3) is 5.56 Å². The fraction of sp³-hybridized carbons (Fsp3) is 0.278. The minimum atomic E-state index is -1.06. The quantitative estimate of drug-likeness (QED) is 0.726. The van der Waals surface area contributed by atoms with Crippen LogP contribution in [-0.4, -0.2) is 20.6 Å². The van der Waals surface area contributed by atoms with Gasteiger partial charge in [-0.1, -0.05) is 30.7 Å². The molecule has 0 saturated carbocycles. The largest absolute Gasteiger partial charge is 0.480 e. The van der Waals surface area contributed by atoms with Crippen LogP contribution in [0.3, 0.4) is 0 Å². The lowest BCUT2D eigenvalue weighted by Gasteiger charge is -2.10. The van der Waals surface area contributed by atoms with Crippen molar-refractivity contribution in [2.75, 3.05) is 0 Å². The van der Waals surface area contributed by atoms with Gasteiger partial charge in [-0.25, -0.2) is 4.98 Å². The normalized spacial score (nSPS) is 11.2. The van der Waals surface area contributed by atoms with Crippen molar-refractivity contribution in [3.63, 3.8) is 0 Å². The molecule has 5 nitrogen and oxygen atoms in total. The summed E-state index contributed by atoms with van der Waals surface area (Å²) in [5.74, 6) is -0.535. The Morgan fingerprint density at radius 1 is 1.32 bits per heavy atom. The van der Waals surface area contributed by atoms with Gasteiger partial charge in [0.05, 0.1) is 5.39 Å². The number of hydrogen-bond donors (Lipinski definition) is 1. The molecule has 3 aromatic rings. The number of carbonyl (C=O) groups is 1. The number of fused-ring (bicyclic) bond motifs is 1. The highest BCUT2D eigenvalue weighted by Gasteiger charge is 2.20. The van der Waals surface area contributed by atoms with E-state index in [-0.39, 0.29) is 12.1 Å². The highest BCUT2D eigenvalue weighted by Crippen LogP contribution is 2.36. The van der Waals surface area contributed by atoms with Gasteiger partial charge in [-0.15, -0.1) is 11.3 Å². The van der Waals surface area contributed by atoms with Gasteiger partial charge in [0.15, 0.2) is 0 Å². The van der Waals surface area contributed by atoms with E-state index in [9.17, 15) is 14.7 Å². The van der Waals surface area contributed by atoms with E-state index in [1.807, 2.05) is 26.0 Å². The van der Waals surface area contributed by atoms with Crippen LogP contribution in [0.5, 0.6) is 0 Å². The molecule has 0 amide bonds. The van der Waals surface area contributed by atoms with Crippen molar-refractivity contribution >= 4 is 39.1 Å². The molecule has 3 rings (SSSR count). The van der Waals surface area contributed by atoms with Crippen LogP contribution in [0.1, 0.15) is 24.0 Å². The smallest absolute Gasteiger partial charge is 0.323 e. The molecule has 2 aromatic heterocycles. The van der Waals surface area contributed by atoms with Crippen molar-refractivity contribution in [1.82, 2.24) is 9.55 Å². The fourth-order valence-electron chi connectivity index (χ4n) is 2.91. The number of carboxylic acids is 1. The van der Waals surface area contributed by atoms with E-state index in [2.05, 4.69) is 4.98 Å². The number of carboxylic acid groups (broad SMARTS) is 1. The molecule has 130 valence electrons. The lowest BCUT2D eigenvalue weighted by Crippen LogP contribution is -2.28. The number of aliphatic carboxylic acids is 1. The SMILES string of the molecule is CCCc1nc2sc(C)c(-c3ccc(Cl)cc3)c2c(=O)n1CC(=O)O. The molecule has 0 saturated heterocycles. The maximum Gasteiger partial charge on any atom is 0.323 e. The van der Waals surface area contributed by atoms with Crippen LogP contribution in [0, 0.1) is 6.92 Å². The Morgan fingerprint density at radius 3 is 2.60 bits per heavy atom. The molecule has 0 aliphatic carbocycles. The zero-order valence-electron chi connectivity index (χ0n) is 13.9. The van der Waals surface area contributed by atoms with E-state index in [1.54, 1.807) is 12.1 Å². The van der Waals surface area contributed by atoms with Crippen LogP contribution in [0.2, 0.25) is 5.02 Å². The van der Waals surface area contributed by atoms with Crippen LogP contribution < -0.4 is 5.56 Å². The summed E-state index contributed by atoms with van der Waals surface area (Å²) in [6.07, 6.45) is 1.34. The zero-order valence-corrected chi connectivity index (χ0v) is 15.4. The zero-order chi connectivity index (χ0) is 18.1. The predicted octanol–water partition coefficient (Wildman–Crippen LogP) is 4.12. The van der Waals surface area contributed by atoms with E-state index >= 15 is 0 Å². The number of thiophene rings is 1. The monoisotopic (exact) mass is 376 g/mol.